The molecule has 0 unspecified atom stereocenters. The van der Waals surface area contributed by atoms with Crippen molar-refractivity contribution in [3.05, 3.63) is 21.8 Å². The van der Waals surface area contributed by atoms with Gasteiger partial charge >= 0.3 is 0 Å². The number of anilines is 1. The minimum atomic E-state index is -0.864. The average molecular weight is 720 g/mol. The molecule has 2 amide bonds. The van der Waals surface area contributed by atoms with Crippen molar-refractivity contribution in [1.29, 1.82) is 0 Å². The highest BCUT2D eigenvalue weighted by atomic mass is 127. The van der Waals surface area contributed by atoms with Crippen LogP contribution in [0.4, 0.5) is 5.69 Å². The second-order valence-electron chi connectivity index (χ2n) is 5.26. The molecule has 12 heteroatoms. The van der Waals surface area contributed by atoms with Crippen molar-refractivity contribution in [2.75, 3.05) is 37.9 Å². The summed E-state index contributed by atoms with van der Waals surface area (Å²) in [5.74, 6) is -1.26. The Morgan fingerprint density at radius 1 is 0.963 bits per heavy atom. The lowest BCUT2D eigenvalue weighted by atomic mass is 10.1. The molecule has 0 aliphatic rings. The lowest BCUT2D eigenvalue weighted by Crippen LogP contribution is -2.41. The summed E-state index contributed by atoms with van der Waals surface area (Å²) in [7, 11) is 0. The standard InChI is InChI=1S/C15H19I3N2O7/c16-11-8(5-24)12(17)14(20(1-2-21)9(26)6-25)13(18)10(11)15(27)19-7(3-22)4-23/h7,21-25H,1-6H2,(H,19,27). The summed E-state index contributed by atoms with van der Waals surface area (Å²) in [4.78, 5) is 26.1. The topological polar surface area (TPSA) is 151 Å². The van der Waals surface area contributed by atoms with Gasteiger partial charge in [-0.3, -0.25) is 9.59 Å². The first-order chi connectivity index (χ1) is 12.8. The third-order valence-electron chi connectivity index (χ3n) is 3.58. The van der Waals surface area contributed by atoms with Gasteiger partial charge in [0, 0.05) is 19.2 Å². The van der Waals surface area contributed by atoms with Gasteiger partial charge in [0.2, 0.25) is 0 Å². The predicted molar refractivity (Wildman–Crippen MR) is 122 cm³/mol. The number of rotatable bonds is 9. The van der Waals surface area contributed by atoms with Crippen molar-refractivity contribution in [2.45, 2.75) is 12.6 Å². The van der Waals surface area contributed by atoms with E-state index in [0.29, 0.717) is 22.0 Å². The van der Waals surface area contributed by atoms with E-state index in [4.69, 9.17) is 0 Å². The minimum Gasteiger partial charge on any atom is -0.395 e. The van der Waals surface area contributed by atoms with Crippen molar-refractivity contribution in [1.82, 2.24) is 5.32 Å². The molecule has 0 saturated heterocycles. The number of aliphatic hydroxyl groups is 5. The summed E-state index contributed by atoms with van der Waals surface area (Å²) in [6.45, 7) is -2.57. The van der Waals surface area contributed by atoms with Gasteiger partial charge in [-0.1, -0.05) is 0 Å². The maximum absolute atomic E-state index is 12.7. The van der Waals surface area contributed by atoms with Crippen LogP contribution in [-0.4, -0.2) is 76.4 Å². The number of hydrogen-bond donors (Lipinski definition) is 6. The van der Waals surface area contributed by atoms with E-state index >= 15 is 0 Å². The van der Waals surface area contributed by atoms with Crippen molar-refractivity contribution < 1.29 is 35.1 Å². The predicted octanol–water partition coefficient (Wildman–Crippen LogP) is -0.607. The van der Waals surface area contributed by atoms with Crippen LogP contribution in [0.1, 0.15) is 15.9 Å². The first-order valence-corrected chi connectivity index (χ1v) is 10.9. The number of benzene rings is 1. The number of nitrogens with one attached hydrogen (secondary N) is 1. The first kappa shape index (κ1) is 25.2. The molecule has 1 aromatic rings. The normalized spacial score (nSPS) is 11.0. The largest absolute Gasteiger partial charge is 0.395 e. The summed E-state index contributed by atoms with van der Waals surface area (Å²) in [6, 6.07) is -0.864. The molecule has 152 valence electrons. The second-order valence-corrected chi connectivity index (χ2v) is 8.50. The van der Waals surface area contributed by atoms with Crippen LogP contribution in [0.25, 0.3) is 0 Å². The summed E-state index contributed by atoms with van der Waals surface area (Å²) >= 11 is 5.73. The number of hydrogen-bond acceptors (Lipinski definition) is 7. The van der Waals surface area contributed by atoms with Crippen LogP contribution in [-0.2, 0) is 11.4 Å². The van der Waals surface area contributed by atoms with Gasteiger partial charge in [0.1, 0.15) is 6.61 Å². The van der Waals surface area contributed by atoms with Crippen LogP contribution in [0, 0.1) is 10.7 Å². The fraction of sp³-hybridized carbons (Fsp3) is 0.467. The molecule has 0 aliphatic carbocycles. The van der Waals surface area contributed by atoms with Gasteiger partial charge in [-0.15, -0.1) is 0 Å². The summed E-state index contributed by atoms with van der Waals surface area (Å²) < 4.78 is 1.35. The van der Waals surface area contributed by atoms with E-state index in [9.17, 15) is 35.1 Å². The molecule has 6 N–H and O–H groups in total. The average Bonchev–Trinajstić information content (AvgIpc) is 2.64. The second kappa shape index (κ2) is 12.0. The van der Waals surface area contributed by atoms with E-state index in [1.165, 1.54) is 0 Å². The Bertz CT molecular complexity index is 699. The van der Waals surface area contributed by atoms with Crippen molar-refractivity contribution in [3.8, 4) is 0 Å². The summed E-state index contributed by atoms with van der Waals surface area (Å²) in [6.07, 6.45) is 0. The number of amides is 2. The Hall–Kier alpha value is 0.150. The monoisotopic (exact) mass is 720 g/mol. The Kier molecular flexibility index (Phi) is 11.2. The van der Waals surface area contributed by atoms with Gasteiger partial charge < -0.3 is 35.7 Å². The lowest BCUT2D eigenvalue weighted by Gasteiger charge is -2.27. The van der Waals surface area contributed by atoms with Crippen LogP contribution < -0.4 is 10.2 Å². The molecule has 0 fully saturated rings. The molecule has 0 aliphatic heterocycles. The van der Waals surface area contributed by atoms with E-state index < -0.39 is 44.3 Å². The fourth-order valence-corrected chi connectivity index (χ4v) is 6.81. The lowest BCUT2D eigenvalue weighted by molar-refractivity contribution is -0.121. The maximum Gasteiger partial charge on any atom is 0.253 e. The number of halogens is 3. The summed E-state index contributed by atoms with van der Waals surface area (Å²) in [5, 5.41) is 49.2. The molecule has 0 radical (unpaired) electrons. The number of nitrogens with zero attached hydrogens (tertiary/aromatic N) is 1. The number of aliphatic hydroxyl groups excluding tert-OH is 5. The van der Waals surface area contributed by atoms with Gasteiger partial charge in [0.25, 0.3) is 11.8 Å². The third-order valence-corrected chi connectivity index (χ3v) is 6.98. The van der Waals surface area contributed by atoms with Gasteiger partial charge in [0.05, 0.1) is 47.3 Å². The van der Waals surface area contributed by atoms with Gasteiger partial charge in [0.15, 0.2) is 0 Å². The fourth-order valence-electron chi connectivity index (χ4n) is 2.23. The van der Waals surface area contributed by atoms with Crippen LogP contribution in [0.5, 0.6) is 0 Å². The highest BCUT2D eigenvalue weighted by Gasteiger charge is 2.29. The van der Waals surface area contributed by atoms with Gasteiger partial charge in [-0.25, -0.2) is 0 Å². The molecule has 0 saturated carbocycles. The zero-order valence-corrected chi connectivity index (χ0v) is 20.4. The highest BCUT2D eigenvalue weighted by molar-refractivity contribution is 14.1. The van der Waals surface area contributed by atoms with Crippen LogP contribution in [0.15, 0.2) is 0 Å². The Balaban J connectivity index is 3.66. The quantitative estimate of drug-likeness (QED) is 0.187. The van der Waals surface area contributed by atoms with E-state index in [1.807, 2.05) is 67.8 Å². The maximum atomic E-state index is 12.7. The van der Waals surface area contributed by atoms with Gasteiger partial charge in [-0.2, -0.15) is 0 Å². The number of carbonyl (C=O) groups is 2. The molecular weight excluding hydrogens is 701 g/mol. The van der Waals surface area contributed by atoms with Crippen molar-refractivity contribution in [3.63, 3.8) is 0 Å². The minimum absolute atomic E-state index is 0.103. The van der Waals surface area contributed by atoms with E-state index in [1.54, 1.807) is 0 Å². The third kappa shape index (κ3) is 5.83. The Morgan fingerprint density at radius 3 is 2.00 bits per heavy atom. The van der Waals surface area contributed by atoms with E-state index in [2.05, 4.69) is 5.32 Å². The molecule has 27 heavy (non-hydrogen) atoms. The highest BCUT2D eigenvalue weighted by Crippen LogP contribution is 2.38. The molecule has 0 atom stereocenters. The van der Waals surface area contributed by atoms with Crippen molar-refractivity contribution >= 4 is 85.3 Å². The Morgan fingerprint density at radius 2 is 1.56 bits per heavy atom. The van der Waals surface area contributed by atoms with Crippen molar-refractivity contribution in [2.24, 2.45) is 0 Å². The molecule has 0 spiro atoms. The molecule has 1 rings (SSSR count). The summed E-state index contributed by atoms with van der Waals surface area (Å²) in [5.41, 5.74) is 0.870. The molecule has 1 aromatic carbocycles. The van der Waals surface area contributed by atoms with Gasteiger partial charge in [-0.05, 0) is 67.8 Å². The smallest absolute Gasteiger partial charge is 0.253 e. The van der Waals surface area contributed by atoms with Crippen LogP contribution in [0.2, 0.25) is 0 Å². The van der Waals surface area contributed by atoms with E-state index in [-0.39, 0.29) is 18.7 Å². The van der Waals surface area contributed by atoms with E-state index in [0.717, 1.165) is 4.90 Å². The molecule has 0 bridgehead atoms. The SMILES string of the molecule is O=C(NC(CO)CO)c1c(I)c(CO)c(I)c(N(CCO)C(=O)CO)c1I. The molecule has 0 heterocycles. The van der Waals surface area contributed by atoms with Crippen LogP contribution in [0.3, 0.4) is 0 Å². The zero-order chi connectivity index (χ0) is 20.7. The zero-order valence-electron chi connectivity index (χ0n) is 14.0. The first-order valence-electron chi connectivity index (χ1n) is 7.63. The van der Waals surface area contributed by atoms with Crippen LogP contribution >= 0.6 is 67.8 Å². The molecule has 0 aromatic heterocycles. The number of carbonyl (C=O) groups excluding carboxylic acids is 2. The molecular formula is C15H19I3N2O7. The Labute approximate surface area is 196 Å². The molecule has 9 nitrogen and oxygen atoms in total.